The monoisotopic (exact) mass is 395 g/mol. The van der Waals surface area contributed by atoms with E-state index in [1.165, 1.54) is 4.52 Å². The highest BCUT2D eigenvalue weighted by molar-refractivity contribution is 7.15. The molecule has 0 aliphatic carbocycles. The lowest BCUT2D eigenvalue weighted by Gasteiger charge is -2.02. The van der Waals surface area contributed by atoms with Crippen molar-refractivity contribution in [1.29, 1.82) is 0 Å². The van der Waals surface area contributed by atoms with Gasteiger partial charge in [0.1, 0.15) is 5.69 Å². The SMILES string of the molecule is Cc1ccc(/C=c2\sc3nc(=O)c(Cc4ccccc4Cl)nn3c2=O)cc1. The lowest BCUT2D eigenvalue weighted by Crippen LogP contribution is -2.28. The lowest BCUT2D eigenvalue weighted by atomic mass is 10.1. The Bertz CT molecular complexity index is 1310. The average molecular weight is 396 g/mol. The van der Waals surface area contributed by atoms with Crippen LogP contribution in [0, 0.1) is 6.92 Å². The fraction of sp³-hybridized carbons (Fsp3) is 0.100. The first-order chi connectivity index (χ1) is 13.0. The van der Waals surface area contributed by atoms with E-state index in [2.05, 4.69) is 10.1 Å². The quantitative estimate of drug-likeness (QED) is 0.535. The van der Waals surface area contributed by atoms with E-state index < -0.39 is 5.56 Å². The third kappa shape index (κ3) is 3.54. The molecule has 134 valence electrons. The molecule has 0 saturated carbocycles. The maximum atomic E-state index is 12.7. The van der Waals surface area contributed by atoms with Crippen molar-refractivity contribution in [2.75, 3.05) is 0 Å². The van der Waals surface area contributed by atoms with E-state index in [1.807, 2.05) is 49.4 Å². The summed E-state index contributed by atoms with van der Waals surface area (Å²) in [6.07, 6.45) is 2.00. The molecule has 0 atom stereocenters. The highest BCUT2D eigenvalue weighted by Crippen LogP contribution is 2.16. The summed E-state index contributed by atoms with van der Waals surface area (Å²) >= 11 is 7.31. The third-order valence-electron chi connectivity index (χ3n) is 4.14. The summed E-state index contributed by atoms with van der Waals surface area (Å²) in [5.74, 6) is 0. The number of thiazole rings is 1. The van der Waals surface area contributed by atoms with Crippen molar-refractivity contribution in [2.45, 2.75) is 13.3 Å². The Kier molecular flexibility index (Phi) is 4.59. The van der Waals surface area contributed by atoms with Crippen LogP contribution >= 0.6 is 22.9 Å². The first-order valence-corrected chi connectivity index (χ1v) is 9.45. The van der Waals surface area contributed by atoms with Gasteiger partial charge in [0.25, 0.3) is 11.1 Å². The second-order valence-electron chi connectivity index (χ2n) is 6.15. The van der Waals surface area contributed by atoms with Crippen LogP contribution < -0.4 is 15.7 Å². The van der Waals surface area contributed by atoms with Gasteiger partial charge >= 0.3 is 0 Å². The van der Waals surface area contributed by atoms with Crippen LogP contribution in [-0.2, 0) is 6.42 Å². The molecule has 0 unspecified atom stereocenters. The van der Waals surface area contributed by atoms with Crippen LogP contribution in [0.3, 0.4) is 0 Å². The van der Waals surface area contributed by atoms with Crippen molar-refractivity contribution in [2.24, 2.45) is 0 Å². The van der Waals surface area contributed by atoms with Gasteiger partial charge in [-0.25, -0.2) is 0 Å². The summed E-state index contributed by atoms with van der Waals surface area (Å²) in [6.45, 7) is 2.00. The molecule has 2 aromatic heterocycles. The summed E-state index contributed by atoms with van der Waals surface area (Å²) in [7, 11) is 0. The lowest BCUT2D eigenvalue weighted by molar-refractivity contribution is 0.811. The Labute approximate surface area is 163 Å². The predicted octanol–water partition coefficient (Wildman–Crippen LogP) is 2.61. The molecule has 5 nitrogen and oxygen atoms in total. The van der Waals surface area contributed by atoms with Gasteiger partial charge in [0, 0.05) is 11.4 Å². The summed E-state index contributed by atoms with van der Waals surface area (Å²) < 4.78 is 1.67. The largest absolute Gasteiger partial charge is 0.296 e. The molecule has 0 amide bonds. The first-order valence-electron chi connectivity index (χ1n) is 8.26. The summed E-state index contributed by atoms with van der Waals surface area (Å²) in [6, 6.07) is 15.0. The molecule has 4 rings (SSSR count). The van der Waals surface area contributed by atoms with Crippen molar-refractivity contribution in [3.05, 3.63) is 101 Å². The molecule has 0 bridgehead atoms. The maximum Gasteiger partial charge on any atom is 0.296 e. The molecule has 2 heterocycles. The predicted molar refractivity (Wildman–Crippen MR) is 108 cm³/mol. The Morgan fingerprint density at radius 1 is 1.11 bits per heavy atom. The fourth-order valence-corrected chi connectivity index (χ4v) is 3.79. The number of halogens is 1. The Morgan fingerprint density at radius 2 is 1.85 bits per heavy atom. The highest BCUT2D eigenvalue weighted by Gasteiger charge is 2.12. The third-order valence-corrected chi connectivity index (χ3v) is 5.47. The molecule has 0 N–H and O–H groups in total. The molecule has 27 heavy (non-hydrogen) atoms. The topological polar surface area (TPSA) is 64.3 Å². The molecule has 0 fully saturated rings. The molecule has 0 spiro atoms. The van der Waals surface area contributed by atoms with Gasteiger partial charge in [-0.1, -0.05) is 71.0 Å². The average Bonchev–Trinajstić information content (AvgIpc) is 2.94. The summed E-state index contributed by atoms with van der Waals surface area (Å²) in [5, 5.41) is 4.79. The molecule has 4 aromatic rings. The smallest absolute Gasteiger partial charge is 0.266 e. The van der Waals surface area contributed by atoms with Gasteiger partial charge < -0.3 is 0 Å². The number of fused-ring (bicyclic) bond motifs is 1. The molecule has 0 radical (unpaired) electrons. The minimum atomic E-state index is -0.446. The van der Waals surface area contributed by atoms with Gasteiger partial charge in [-0.15, -0.1) is 0 Å². The number of rotatable bonds is 3. The molecular weight excluding hydrogens is 382 g/mol. The van der Waals surface area contributed by atoms with Crippen LogP contribution in [0.4, 0.5) is 0 Å². The first kappa shape index (κ1) is 17.6. The van der Waals surface area contributed by atoms with Gasteiger partial charge in [-0.3, -0.25) is 9.59 Å². The van der Waals surface area contributed by atoms with E-state index in [1.54, 1.807) is 12.1 Å². The van der Waals surface area contributed by atoms with E-state index in [4.69, 9.17) is 11.6 Å². The molecule has 0 aliphatic heterocycles. The summed E-state index contributed by atoms with van der Waals surface area (Å²) in [4.78, 5) is 29.3. The van der Waals surface area contributed by atoms with E-state index in [9.17, 15) is 9.59 Å². The van der Waals surface area contributed by atoms with E-state index in [-0.39, 0.29) is 22.6 Å². The number of nitrogens with zero attached hydrogens (tertiary/aromatic N) is 3. The van der Waals surface area contributed by atoms with Crippen LogP contribution in [0.1, 0.15) is 22.4 Å². The second kappa shape index (κ2) is 7.06. The van der Waals surface area contributed by atoms with Crippen LogP contribution in [0.5, 0.6) is 0 Å². The molecule has 0 aliphatic rings. The van der Waals surface area contributed by atoms with Crippen LogP contribution in [0.15, 0.2) is 58.1 Å². The number of hydrogen-bond acceptors (Lipinski definition) is 5. The van der Waals surface area contributed by atoms with Crippen molar-refractivity contribution < 1.29 is 0 Å². The summed E-state index contributed by atoms with van der Waals surface area (Å²) in [5.41, 5.74) is 2.27. The molecule has 2 aromatic carbocycles. The fourth-order valence-electron chi connectivity index (χ4n) is 2.69. The van der Waals surface area contributed by atoms with Crippen LogP contribution in [-0.4, -0.2) is 14.6 Å². The minimum absolute atomic E-state index is 0.192. The van der Waals surface area contributed by atoms with Crippen LogP contribution in [0.2, 0.25) is 5.02 Å². The standard InChI is InChI=1S/C20H14ClN3O2S/c1-12-6-8-13(9-7-12)10-17-19(26)24-20(27-17)22-18(25)16(23-24)11-14-4-2-3-5-15(14)21/h2-10H,11H2,1H3/b17-10-. The zero-order valence-corrected chi connectivity index (χ0v) is 15.9. The normalized spacial score (nSPS) is 12.0. The van der Waals surface area contributed by atoms with Gasteiger partial charge in [-0.2, -0.15) is 14.6 Å². The second-order valence-corrected chi connectivity index (χ2v) is 7.57. The van der Waals surface area contributed by atoms with Crippen molar-refractivity contribution >= 4 is 34.0 Å². The zero-order chi connectivity index (χ0) is 19.0. The van der Waals surface area contributed by atoms with E-state index in [0.717, 1.165) is 28.0 Å². The Morgan fingerprint density at radius 3 is 2.59 bits per heavy atom. The van der Waals surface area contributed by atoms with Gasteiger partial charge in [0.15, 0.2) is 0 Å². The van der Waals surface area contributed by atoms with E-state index >= 15 is 0 Å². The van der Waals surface area contributed by atoms with Crippen molar-refractivity contribution in [1.82, 2.24) is 14.6 Å². The van der Waals surface area contributed by atoms with E-state index in [0.29, 0.717) is 9.55 Å². The van der Waals surface area contributed by atoms with Gasteiger partial charge in [-0.05, 0) is 30.2 Å². The zero-order valence-electron chi connectivity index (χ0n) is 14.3. The Hall–Kier alpha value is -2.83. The van der Waals surface area contributed by atoms with Gasteiger partial charge in [0.2, 0.25) is 4.96 Å². The van der Waals surface area contributed by atoms with Crippen molar-refractivity contribution in [3.63, 3.8) is 0 Å². The number of aryl methyl sites for hydroxylation is 1. The minimum Gasteiger partial charge on any atom is -0.266 e. The number of benzene rings is 2. The molecular formula is C20H14ClN3O2S. The number of hydrogen-bond donors (Lipinski definition) is 0. The molecule has 7 heteroatoms. The molecule has 0 saturated heterocycles. The number of aromatic nitrogens is 3. The van der Waals surface area contributed by atoms with Gasteiger partial charge in [0.05, 0.1) is 4.53 Å². The Balaban J connectivity index is 1.82. The maximum absolute atomic E-state index is 12.7. The van der Waals surface area contributed by atoms with Crippen LogP contribution in [0.25, 0.3) is 11.0 Å². The highest BCUT2D eigenvalue weighted by atomic mass is 35.5. The van der Waals surface area contributed by atoms with Crippen molar-refractivity contribution in [3.8, 4) is 0 Å².